The van der Waals surface area contributed by atoms with Crippen LogP contribution in [0.15, 0.2) is 0 Å². The van der Waals surface area contributed by atoms with Crippen LogP contribution < -0.4 is 5.32 Å². The van der Waals surface area contributed by atoms with Crippen molar-refractivity contribution in [2.45, 2.75) is 18.6 Å². The Morgan fingerprint density at radius 2 is 2.46 bits per heavy atom. The first kappa shape index (κ1) is 8.77. The van der Waals surface area contributed by atoms with Gasteiger partial charge in [-0.3, -0.25) is 0 Å². The number of fused-ring (bicyclic) bond motifs is 1. The third-order valence-electron chi connectivity index (χ3n) is 2.66. The average Bonchev–Trinajstić information content (AvgIpc) is 2.17. The first-order valence-corrected chi connectivity index (χ1v) is 4.60. The van der Waals surface area contributed by atoms with Gasteiger partial charge in [-0.1, -0.05) is 0 Å². The lowest BCUT2D eigenvalue weighted by molar-refractivity contribution is -0.0389. The summed E-state index contributed by atoms with van der Waals surface area (Å²) in [6, 6.07) is 0.193. The first-order chi connectivity index (χ1) is 6.27. The predicted octanol–water partition coefficient (Wildman–Crippen LogP) is -0.273. The molecule has 0 spiro atoms. The third-order valence-corrected chi connectivity index (χ3v) is 2.66. The number of hydrogen-bond donors (Lipinski definition) is 2. The molecule has 1 amide bonds. The van der Waals surface area contributed by atoms with E-state index in [0.717, 1.165) is 19.6 Å². The van der Waals surface area contributed by atoms with Crippen molar-refractivity contribution in [3.05, 3.63) is 0 Å². The Morgan fingerprint density at radius 3 is 3.23 bits per heavy atom. The number of nitrogens with one attached hydrogen (secondary N) is 1. The molecular weight excluding hydrogens is 172 g/mol. The van der Waals surface area contributed by atoms with Gasteiger partial charge in [0.1, 0.15) is 0 Å². The van der Waals surface area contributed by atoms with Crippen LogP contribution in [0.5, 0.6) is 0 Å². The Morgan fingerprint density at radius 1 is 1.62 bits per heavy atom. The number of likely N-dealkylation sites (tertiary alicyclic amines) is 1. The lowest BCUT2D eigenvalue weighted by atomic mass is 10.0. The van der Waals surface area contributed by atoms with Crippen LogP contribution in [0.4, 0.5) is 4.79 Å². The molecule has 2 aliphatic rings. The summed E-state index contributed by atoms with van der Waals surface area (Å²) < 4.78 is 5.53. The molecule has 2 unspecified atom stereocenters. The third kappa shape index (κ3) is 1.76. The van der Waals surface area contributed by atoms with E-state index in [1.807, 2.05) is 0 Å². The molecular formula is C8H14N2O3. The molecule has 0 saturated carbocycles. The molecule has 0 aliphatic carbocycles. The van der Waals surface area contributed by atoms with E-state index in [-0.39, 0.29) is 12.1 Å². The number of carbonyl (C=O) groups is 1. The van der Waals surface area contributed by atoms with E-state index >= 15 is 0 Å². The number of morpholine rings is 1. The molecule has 13 heavy (non-hydrogen) atoms. The maximum absolute atomic E-state index is 10.7. The zero-order valence-electron chi connectivity index (χ0n) is 7.40. The Labute approximate surface area is 76.7 Å². The minimum atomic E-state index is -0.828. The van der Waals surface area contributed by atoms with E-state index in [0.29, 0.717) is 13.1 Å². The zero-order chi connectivity index (χ0) is 9.26. The van der Waals surface area contributed by atoms with Gasteiger partial charge in [0.15, 0.2) is 0 Å². The van der Waals surface area contributed by atoms with E-state index in [2.05, 4.69) is 5.32 Å². The lowest BCUT2D eigenvalue weighted by Crippen LogP contribution is -2.59. The van der Waals surface area contributed by atoms with Crippen molar-refractivity contribution >= 4 is 6.09 Å². The van der Waals surface area contributed by atoms with Gasteiger partial charge in [0.25, 0.3) is 0 Å². The fourth-order valence-corrected chi connectivity index (χ4v) is 1.95. The van der Waals surface area contributed by atoms with Crippen molar-refractivity contribution in [2.24, 2.45) is 0 Å². The van der Waals surface area contributed by atoms with E-state index in [4.69, 9.17) is 9.84 Å². The van der Waals surface area contributed by atoms with Crippen LogP contribution in [0.1, 0.15) is 6.42 Å². The normalized spacial score (nSPS) is 34.0. The largest absolute Gasteiger partial charge is 0.465 e. The summed E-state index contributed by atoms with van der Waals surface area (Å²) in [6.07, 6.45) is 0.194. The molecule has 0 aromatic carbocycles. The van der Waals surface area contributed by atoms with Crippen molar-refractivity contribution < 1.29 is 14.6 Å². The number of carboxylic acid groups (broad SMARTS) is 1. The maximum atomic E-state index is 10.7. The summed E-state index contributed by atoms with van der Waals surface area (Å²) in [7, 11) is 0. The van der Waals surface area contributed by atoms with Crippen LogP contribution in [-0.4, -0.2) is 54.5 Å². The monoisotopic (exact) mass is 186 g/mol. The van der Waals surface area contributed by atoms with E-state index < -0.39 is 6.09 Å². The topological polar surface area (TPSA) is 61.8 Å². The summed E-state index contributed by atoms with van der Waals surface area (Å²) in [5.41, 5.74) is 0. The molecule has 2 rings (SSSR count). The van der Waals surface area contributed by atoms with E-state index in [1.54, 1.807) is 0 Å². The average molecular weight is 186 g/mol. The van der Waals surface area contributed by atoms with Crippen molar-refractivity contribution in [3.63, 3.8) is 0 Å². The molecule has 2 fully saturated rings. The second kappa shape index (κ2) is 3.51. The van der Waals surface area contributed by atoms with Gasteiger partial charge < -0.3 is 20.1 Å². The van der Waals surface area contributed by atoms with Crippen LogP contribution in [0.3, 0.4) is 0 Å². The fourth-order valence-electron chi connectivity index (χ4n) is 1.95. The van der Waals surface area contributed by atoms with Crippen LogP contribution >= 0.6 is 0 Å². The molecule has 2 aliphatic heterocycles. The predicted molar refractivity (Wildman–Crippen MR) is 45.7 cm³/mol. The minimum absolute atomic E-state index is 0.193. The molecule has 5 nitrogen and oxygen atoms in total. The summed E-state index contributed by atoms with van der Waals surface area (Å²) >= 11 is 0. The maximum Gasteiger partial charge on any atom is 0.407 e. The number of rotatable bonds is 0. The SMILES string of the molecule is O=C(O)N1CCC2OCCNC2C1. The van der Waals surface area contributed by atoms with Crippen molar-refractivity contribution in [2.75, 3.05) is 26.2 Å². The smallest absolute Gasteiger partial charge is 0.407 e. The van der Waals surface area contributed by atoms with Gasteiger partial charge in [-0.25, -0.2) is 4.79 Å². The molecule has 0 bridgehead atoms. The van der Waals surface area contributed by atoms with Crippen LogP contribution in [-0.2, 0) is 4.74 Å². The number of amides is 1. The lowest BCUT2D eigenvalue weighted by Gasteiger charge is -2.40. The second-order valence-electron chi connectivity index (χ2n) is 3.49. The highest BCUT2D eigenvalue weighted by Crippen LogP contribution is 2.16. The van der Waals surface area contributed by atoms with Crippen molar-refractivity contribution in [1.82, 2.24) is 10.2 Å². The first-order valence-electron chi connectivity index (χ1n) is 4.60. The Hall–Kier alpha value is -0.810. The summed E-state index contributed by atoms with van der Waals surface area (Å²) in [5, 5.41) is 12.1. The molecule has 74 valence electrons. The van der Waals surface area contributed by atoms with Crippen LogP contribution in [0.25, 0.3) is 0 Å². The highest BCUT2D eigenvalue weighted by atomic mass is 16.5. The number of nitrogens with zero attached hydrogens (tertiary/aromatic N) is 1. The number of hydrogen-bond acceptors (Lipinski definition) is 3. The Bertz CT molecular complexity index is 210. The highest BCUT2D eigenvalue weighted by molar-refractivity contribution is 5.65. The van der Waals surface area contributed by atoms with Gasteiger partial charge in [-0.05, 0) is 6.42 Å². The van der Waals surface area contributed by atoms with Gasteiger partial charge in [-0.15, -0.1) is 0 Å². The molecule has 5 heteroatoms. The fraction of sp³-hybridized carbons (Fsp3) is 0.875. The van der Waals surface area contributed by atoms with Gasteiger partial charge in [0.05, 0.1) is 18.8 Å². The number of piperidine rings is 1. The van der Waals surface area contributed by atoms with Crippen molar-refractivity contribution in [3.8, 4) is 0 Å². The van der Waals surface area contributed by atoms with Gasteiger partial charge in [0, 0.05) is 19.6 Å². The Balaban J connectivity index is 1.95. The molecule has 2 N–H and O–H groups in total. The summed E-state index contributed by atoms with van der Waals surface area (Å²) in [5.74, 6) is 0. The molecule has 2 atom stereocenters. The van der Waals surface area contributed by atoms with E-state index in [1.165, 1.54) is 4.90 Å². The van der Waals surface area contributed by atoms with Crippen LogP contribution in [0.2, 0.25) is 0 Å². The summed E-state index contributed by atoms with van der Waals surface area (Å²) in [4.78, 5) is 12.1. The second-order valence-corrected chi connectivity index (χ2v) is 3.49. The molecule has 2 saturated heterocycles. The quantitative estimate of drug-likeness (QED) is 0.546. The van der Waals surface area contributed by atoms with E-state index in [9.17, 15) is 4.79 Å². The molecule has 0 aromatic rings. The summed E-state index contributed by atoms with van der Waals surface area (Å²) in [6.45, 7) is 2.72. The van der Waals surface area contributed by atoms with Gasteiger partial charge >= 0.3 is 6.09 Å². The highest BCUT2D eigenvalue weighted by Gasteiger charge is 2.33. The number of ether oxygens (including phenoxy) is 1. The molecule has 2 heterocycles. The molecule has 0 aromatic heterocycles. The van der Waals surface area contributed by atoms with Gasteiger partial charge in [-0.2, -0.15) is 0 Å². The zero-order valence-corrected chi connectivity index (χ0v) is 7.40. The van der Waals surface area contributed by atoms with Crippen LogP contribution in [0, 0.1) is 0 Å². The van der Waals surface area contributed by atoms with Gasteiger partial charge in [0.2, 0.25) is 0 Å². The Kier molecular flexibility index (Phi) is 2.37. The molecule has 0 radical (unpaired) electrons. The minimum Gasteiger partial charge on any atom is -0.465 e. The van der Waals surface area contributed by atoms with Crippen molar-refractivity contribution in [1.29, 1.82) is 0 Å². The standard InChI is InChI=1S/C8H14N2O3/c11-8(12)10-3-1-7-6(5-10)9-2-4-13-7/h6-7,9H,1-5H2,(H,11,12).